The van der Waals surface area contributed by atoms with Crippen LogP contribution >= 0.6 is 0 Å². The van der Waals surface area contributed by atoms with Gasteiger partial charge in [0, 0.05) is 18.7 Å². The lowest BCUT2D eigenvalue weighted by Gasteiger charge is -2.08. The highest BCUT2D eigenvalue weighted by atomic mass is 19.1. The molecule has 2 heterocycles. The molecule has 0 saturated heterocycles. The summed E-state index contributed by atoms with van der Waals surface area (Å²) in [5, 5.41) is 6.94. The first-order valence-corrected chi connectivity index (χ1v) is 7.57. The van der Waals surface area contributed by atoms with Crippen LogP contribution < -0.4 is 11.1 Å². The van der Waals surface area contributed by atoms with Crippen molar-refractivity contribution >= 4 is 11.6 Å². The van der Waals surface area contributed by atoms with Gasteiger partial charge in [-0.1, -0.05) is 12.1 Å². The van der Waals surface area contributed by atoms with E-state index in [1.165, 1.54) is 6.07 Å². The highest BCUT2D eigenvalue weighted by Crippen LogP contribution is 2.12. The molecule has 2 aromatic heterocycles. The number of hydrogen-bond acceptors (Lipinski definition) is 4. The van der Waals surface area contributed by atoms with Gasteiger partial charge in [0.1, 0.15) is 11.5 Å². The fourth-order valence-corrected chi connectivity index (χ4v) is 2.48. The third kappa shape index (κ3) is 3.11. The molecule has 6 nitrogen and oxygen atoms in total. The molecule has 0 saturated carbocycles. The fourth-order valence-electron chi connectivity index (χ4n) is 2.48. The normalized spacial score (nSPS) is 11.0. The number of rotatable bonds is 4. The molecular weight excluding hydrogens is 309 g/mol. The maximum Gasteiger partial charge on any atom is 0.272 e. The molecule has 1 aromatic carbocycles. The molecule has 0 aliphatic carbocycles. The van der Waals surface area contributed by atoms with Crippen molar-refractivity contribution < 1.29 is 9.18 Å². The number of carbonyl (C=O) groups excluding carboxylic acids is 1. The van der Waals surface area contributed by atoms with E-state index in [0.29, 0.717) is 16.8 Å². The first-order valence-electron chi connectivity index (χ1n) is 7.57. The standard InChI is InChI=1S/C17H18FN5O/c1-10-5-15(22-23-9-11(2)21-16(10)23)17(24)20-8-13-4-3-12(7-19)6-14(13)18/h3-6,9H,7-8,19H2,1-2H3,(H,20,24). The molecule has 0 unspecified atom stereocenters. The first-order chi connectivity index (χ1) is 11.5. The average Bonchev–Trinajstić information content (AvgIpc) is 2.94. The van der Waals surface area contributed by atoms with Gasteiger partial charge < -0.3 is 11.1 Å². The summed E-state index contributed by atoms with van der Waals surface area (Å²) in [6, 6.07) is 6.42. The number of halogens is 1. The topological polar surface area (TPSA) is 85.3 Å². The Balaban J connectivity index is 1.78. The molecule has 0 aliphatic rings. The zero-order valence-corrected chi connectivity index (χ0v) is 13.5. The van der Waals surface area contributed by atoms with Crippen LogP contribution in [-0.2, 0) is 13.1 Å². The van der Waals surface area contributed by atoms with E-state index in [9.17, 15) is 9.18 Å². The quantitative estimate of drug-likeness (QED) is 0.766. The highest BCUT2D eigenvalue weighted by Gasteiger charge is 2.13. The van der Waals surface area contributed by atoms with Gasteiger partial charge in [-0.15, -0.1) is 0 Å². The molecule has 0 atom stereocenters. The van der Waals surface area contributed by atoms with Crippen molar-refractivity contribution in [2.75, 3.05) is 0 Å². The minimum atomic E-state index is -0.386. The molecule has 0 bridgehead atoms. The molecule has 124 valence electrons. The van der Waals surface area contributed by atoms with E-state index in [1.54, 1.807) is 28.9 Å². The van der Waals surface area contributed by atoms with Crippen molar-refractivity contribution in [2.24, 2.45) is 5.73 Å². The number of nitrogens with one attached hydrogen (secondary N) is 1. The summed E-state index contributed by atoms with van der Waals surface area (Å²) in [5.74, 6) is -0.753. The van der Waals surface area contributed by atoms with Crippen LogP contribution in [0.1, 0.15) is 32.9 Å². The van der Waals surface area contributed by atoms with E-state index in [-0.39, 0.29) is 30.5 Å². The summed E-state index contributed by atoms with van der Waals surface area (Å²) in [7, 11) is 0. The Morgan fingerprint density at radius 2 is 2.12 bits per heavy atom. The number of benzene rings is 1. The van der Waals surface area contributed by atoms with Crippen molar-refractivity contribution in [2.45, 2.75) is 26.9 Å². The molecule has 3 N–H and O–H groups in total. The number of fused-ring (bicyclic) bond motifs is 1. The molecule has 3 rings (SSSR count). The second-order valence-corrected chi connectivity index (χ2v) is 5.68. The van der Waals surface area contributed by atoms with Gasteiger partial charge in [-0.05, 0) is 37.1 Å². The van der Waals surface area contributed by atoms with Crippen LogP contribution in [0, 0.1) is 19.7 Å². The molecular formula is C17H18FN5O. The van der Waals surface area contributed by atoms with Crippen LogP contribution in [0.15, 0.2) is 30.5 Å². The molecule has 7 heteroatoms. The van der Waals surface area contributed by atoms with Crippen LogP contribution in [0.25, 0.3) is 5.65 Å². The van der Waals surface area contributed by atoms with Crippen LogP contribution in [0.2, 0.25) is 0 Å². The van der Waals surface area contributed by atoms with Crippen LogP contribution in [-0.4, -0.2) is 20.5 Å². The lowest BCUT2D eigenvalue weighted by Crippen LogP contribution is -2.25. The number of carbonyl (C=O) groups is 1. The van der Waals surface area contributed by atoms with E-state index >= 15 is 0 Å². The van der Waals surface area contributed by atoms with E-state index in [0.717, 1.165) is 11.3 Å². The summed E-state index contributed by atoms with van der Waals surface area (Å²) in [6.45, 7) is 4.08. The molecule has 3 aromatic rings. The zero-order valence-electron chi connectivity index (χ0n) is 13.5. The molecule has 1 amide bonds. The Labute approximate surface area is 138 Å². The number of aromatic nitrogens is 3. The predicted octanol–water partition coefficient (Wildman–Crippen LogP) is 1.87. The largest absolute Gasteiger partial charge is 0.346 e. The zero-order chi connectivity index (χ0) is 17.3. The summed E-state index contributed by atoms with van der Waals surface area (Å²) in [6.07, 6.45) is 1.75. The Bertz CT molecular complexity index is 919. The molecule has 0 fully saturated rings. The SMILES string of the molecule is Cc1cn2nc(C(=O)NCc3ccc(CN)cc3F)cc(C)c2n1. The van der Waals surface area contributed by atoms with Crippen molar-refractivity contribution in [1.29, 1.82) is 0 Å². The first kappa shape index (κ1) is 16.1. The van der Waals surface area contributed by atoms with Crippen molar-refractivity contribution in [3.05, 3.63) is 64.4 Å². The average molecular weight is 327 g/mol. The second kappa shape index (κ2) is 6.37. The third-order valence-electron chi connectivity index (χ3n) is 3.75. The Morgan fingerprint density at radius 1 is 1.33 bits per heavy atom. The molecule has 0 spiro atoms. The molecule has 0 aliphatic heterocycles. The third-order valence-corrected chi connectivity index (χ3v) is 3.75. The second-order valence-electron chi connectivity index (χ2n) is 5.68. The Morgan fingerprint density at radius 3 is 2.83 bits per heavy atom. The lowest BCUT2D eigenvalue weighted by molar-refractivity contribution is 0.0944. The van der Waals surface area contributed by atoms with Gasteiger partial charge in [0.15, 0.2) is 5.65 Å². The molecule has 24 heavy (non-hydrogen) atoms. The van der Waals surface area contributed by atoms with E-state index in [1.807, 2.05) is 13.8 Å². The van der Waals surface area contributed by atoms with Gasteiger partial charge in [0.2, 0.25) is 0 Å². The highest BCUT2D eigenvalue weighted by molar-refractivity contribution is 5.92. The van der Waals surface area contributed by atoms with Gasteiger partial charge >= 0.3 is 0 Å². The smallest absolute Gasteiger partial charge is 0.272 e. The monoisotopic (exact) mass is 327 g/mol. The minimum Gasteiger partial charge on any atom is -0.346 e. The van der Waals surface area contributed by atoms with Gasteiger partial charge in [-0.2, -0.15) is 5.10 Å². The van der Waals surface area contributed by atoms with Gasteiger partial charge in [0.05, 0.1) is 11.9 Å². The van der Waals surface area contributed by atoms with Crippen molar-refractivity contribution in [1.82, 2.24) is 19.9 Å². The van der Waals surface area contributed by atoms with E-state index in [4.69, 9.17) is 5.73 Å². The number of amides is 1. The summed E-state index contributed by atoms with van der Waals surface area (Å²) in [5.41, 5.74) is 9.23. The number of nitrogens with two attached hydrogens (primary N) is 1. The number of aryl methyl sites for hydroxylation is 2. The van der Waals surface area contributed by atoms with Crippen molar-refractivity contribution in [3.8, 4) is 0 Å². The van der Waals surface area contributed by atoms with Gasteiger partial charge in [0.25, 0.3) is 5.91 Å². The van der Waals surface area contributed by atoms with Crippen LogP contribution in [0.4, 0.5) is 4.39 Å². The maximum atomic E-state index is 13.9. The Hall–Kier alpha value is -2.80. The summed E-state index contributed by atoms with van der Waals surface area (Å²) in [4.78, 5) is 16.6. The van der Waals surface area contributed by atoms with Crippen LogP contribution in [0.3, 0.4) is 0 Å². The van der Waals surface area contributed by atoms with E-state index in [2.05, 4.69) is 15.4 Å². The number of imidazole rings is 1. The summed E-state index contributed by atoms with van der Waals surface area (Å²) < 4.78 is 15.5. The predicted molar refractivity (Wildman–Crippen MR) is 87.9 cm³/mol. The minimum absolute atomic E-state index is 0.0806. The number of nitrogens with zero attached hydrogens (tertiary/aromatic N) is 3. The fraction of sp³-hybridized carbons (Fsp3) is 0.235. The van der Waals surface area contributed by atoms with Gasteiger partial charge in [-0.25, -0.2) is 13.9 Å². The lowest BCUT2D eigenvalue weighted by atomic mass is 10.1. The Kier molecular flexibility index (Phi) is 4.26. The van der Waals surface area contributed by atoms with Crippen molar-refractivity contribution in [3.63, 3.8) is 0 Å². The van der Waals surface area contributed by atoms with Crippen LogP contribution in [0.5, 0.6) is 0 Å². The molecule has 0 radical (unpaired) electrons. The summed E-state index contributed by atoms with van der Waals surface area (Å²) >= 11 is 0. The maximum absolute atomic E-state index is 13.9. The number of hydrogen-bond donors (Lipinski definition) is 2. The van der Waals surface area contributed by atoms with E-state index < -0.39 is 0 Å². The van der Waals surface area contributed by atoms with Gasteiger partial charge in [-0.3, -0.25) is 4.79 Å².